The number of rotatable bonds is 4. The maximum absolute atomic E-state index is 12.5. The van der Waals surface area contributed by atoms with Gasteiger partial charge in [-0.1, -0.05) is 46.3 Å². The van der Waals surface area contributed by atoms with Crippen molar-refractivity contribution in [2.45, 2.75) is 26.3 Å². The molecule has 1 amide bonds. The summed E-state index contributed by atoms with van der Waals surface area (Å²) >= 11 is 4.94. The van der Waals surface area contributed by atoms with Crippen molar-refractivity contribution in [3.8, 4) is 0 Å². The lowest BCUT2D eigenvalue weighted by Crippen LogP contribution is -2.44. The fraction of sp³-hybridized carbons (Fsp3) is 0.333. The molecule has 0 aliphatic carbocycles. The Balaban J connectivity index is 2.26. The zero-order valence-electron chi connectivity index (χ0n) is 11.7. The van der Waals surface area contributed by atoms with Crippen LogP contribution in [0.4, 0.5) is 0 Å². The number of nitrogens with zero attached hydrogens (tertiary/aromatic N) is 1. The number of nitrogens with one attached hydrogen (secondary N) is 1. The molecule has 1 N–H and O–H groups in total. The molecular weight excluding hydrogens is 336 g/mol. The molecule has 2 aromatic rings. The zero-order valence-corrected chi connectivity index (χ0v) is 14.1. The van der Waals surface area contributed by atoms with Crippen molar-refractivity contribution in [2.75, 3.05) is 5.33 Å². The largest absolute Gasteiger partial charge is 0.341 e. The Kier molecular flexibility index (Phi) is 4.60. The molecule has 0 bridgehead atoms. The number of alkyl halides is 1. The summed E-state index contributed by atoms with van der Waals surface area (Å²) in [6.07, 6.45) is 0. The van der Waals surface area contributed by atoms with Gasteiger partial charge in [-0.15, -0.1) is 11.3 Å². The second kappa shape index (κ2) is 6.06. The summed E-state index contributed by atoms with van der Waals surface area (Å²) < 4.78 is 0. The van der Waals surface area contributed by atoms with E-state index < -0.39 is 5.54 Å². The van der Waals surface area contributed by atoms with Crippen LogP contribution in [0.15, 0.2) is 30.3 Å². The monoisotopic (exact) mass is 352 g/mol. The lowest BCUT2D eigenvalue weighted by Gasteiger charge is -2.29. The van der Waals surface area contributed by atoms with E-state index in [1.54, 1.807) is 0 Å². The first-order valence-electron chi connectivity index (χ1n) is 6.34. The van der Waals surface area contributed by atoms with Crippen LogP contribution in [0.1, 0.15) is 32.9 Å². The molecule has 5 heteroatoms. The molecule has 0 aliphatic rings. The first-order chi connectivity index (χ1) is 9.46. The fourth-order valence-electron chi connectivity index (χ4n) is 2.04. The SMILES string of the molecule is Cc1nc(C)c(C(=O)NC(C)(CBr)c2ccccc2)s1. The van der Waals surface area contributed by atoms with E-state index >= 15 is 0 Å². The van der Waals surface area contributed by atoms with E-state index in [4.69, 9.17) is 0 Å². The van der Waals surface area contributed by atoms with Crippen LogP contribution in [-0.2, 0) is 5.54 Å². The standard InChI is InChI=1S/C15H17BrN2OS/c1-10-13(20-11(2)17-10)14(19)18-15(3,9-16)12-7-5-4-6-8-12/h4-8H,9H2,1-3H3,(H,18,19). The van der Waals surface area contributed by atoms with Crippen LogP contribution in [0.3, 0.4) is 0 Å². The second-order valence-corrected chi connectivity index (χ2v) is 6.70. The van der Waals surface area contributed by atoms with Crippen molar-refractivity contribution < 1.29 is 4.79 Å². The van der Waals surface area contributed by atoms with Gasteiger partial charge in [0.05, 0.1) is 16.2 Å². The van der Waals surface area contributed by atoms with Gasteiger partial charge in [0.2, 0.25) is 0 Å². The molecule has 20 heavy (non-hydrogen) atoms. The smallest absolute Gasteiger partial charge is 0.263 e. The van der Waals surface area contributed by atoms with Crippen LogP contribution in [0, 0.1) is 13.8 Å². The fourth-order valence-corrected chi connectivity index (χ4v) is 3.32. The molecular formula is C15H17BrN2OS. The minimum atomic E-state index is -0.442. The molecule has 0 spiro atoms. The molecule has 1 aromatic carbocycles. The normalized spacial score (nSPS) is 13.8. The summed E-state index contributed by atoms with van der Waals surface area (Å²) in [5.74, 6) is -0.0705. The molecule has 1 unspecified atom stereocenters. The third kappa shape index (κ3) is 3.10. The second-order valence-electron chi connectivity index (χ2n) is 4.93. The van der Waals surface area contributed by atoms with Crippen molar-refractivity contribution in [3.63, 3.8) is 0 Å². The highest BCUT2D eigenvalue weighted by Gasteiger charge is 2.29. The lowest BCUT2D eigenvalue weighted by molar-refractivity contribution is 0.0917. The molecule has 0 fully saturated rings. The van der Waals surface area contributed by atoms with E-state index in [0.29, 0.717) is 10.2 Å². The van der Waals surface area contributed by atoms with E-state index in [2.05, 4.69) is 26.2 Å². The molecule has 3 nitrogen and oxygen atoms in total. The summed E-state index contributed by atoms with van der Waals surface area (Å²) in [7, 11) is 0. The van der Waals surface area contributed by atoms with Gasteiger partial charge in [-0.25, -0.2) is 4.98 Å². The highest BCUT2D eigenvalue weighted by Crippen LogP contribution is 2.25. The number of aryl methyl sites for hydroxylation is 2. The molecule has 1 aromatic heterocycles. The maximum atomic E-state index is 12.5. The molecule has 0 radical (unpaired) electrons. The number of amides is 1. The number of aromatic nitrogens is 1. The summed E-state index contributed by atoms with van der Waals surface area (Å²) in [6, 6.07) is 9.96. The van der Waals surface area contributed by atoms with Crippen LogP contribution in [-0.4, -0.2) is 16.2 Å². The highest BCUT2D eigenvalue weighted by molar-refractivity contribution is 9.09. The van der Waals surface area contributed by atoms with Crippen molar-refractivity contribution in [2.24, 2.45) is 0 Å². The van der Waals surface area contributed by atoms with Gasteiger partial charge in [0.15, 0.2) is 0 Å². The van der Waals surface area contributed by atoms with Crippen LogP contribution in [0.5, 0.6) is 0 Å². The van der Waals surface area contributed by atoms with E-state index in [1.165, 1.54) is 11.3 Å². The number of carbonyl (C=O) groups is 1. The van der Waals surface area contributed by atoms with Gasteiger partial charge in [0, 0.05) is 5.33 Å². The minimum Gasteiger partial charge on any atom is -0.341 e. The quantitative estimate of drug-likeness (QED) is 0.850. The topological polar surface area (TPSA) is 42.0 Å². The Bertz CT molecular complexity index is 612. The van der Waals surface area contributed by atoms with Gasteiger partial charge in [0.25, 0.3) is 5.91 Å². The number of halogens is 1. The van der Waals surface area contributed by atoms with E-state index in [0.717, 1.165) is 16.3 Å². The predicted octanol–water partition coefficient (Wildman–Crippen LogP) is 3.80. The predicted molar refractivity (Wildman–Crippen MR) is 86.6 cm³/mol. The van der Waals surface area contributed by atoms with Gasteiger partial charge in [-0.05, 0) is 26.3 Å². The Hall–Kier alpha value is -1.20. The molecule has 1 heterocycles. The van der Waals surface area contributed by atoms with Gasteiger partial charge < -0.3 is 5.32 Å². The van der Waals surface area contributed by atoms with E-state index in [-0.39, 0.29) is 5.91 Å². The molecule has 2 rings (SSSR count). The number of benzene rings is 1. The van der Waals surface area contributed by atoms with Crippen molar-refractivity contribution in [3.05, 3.63) is 51.5 Å². The summed E-state index contributed by atoms with van der Waals surface area (Å²) in [5.41, 5.74) is 1.42. The Morgan fingerprint density at radius 2 is 2.00 bits per heavy atom. The average molecular weight is 353 g/mol. The summed E-state index contributed by atoms with van der Waals surface area (Å²) in [4.78, 5) is 17.5. The zero-order chi connectivity index (χ0) is 14.8. The highest BCUT2D eigenvalue weighted by atomic mass is 79.9. The van der Waals surface area contributed by atoms with Gasteiger partial charge >= 0.3 is 0 Å². The van der Waals surface area contributed by atoms with E-state index in [1.807, 2.05) is 51.1 Å². The third-order valence-electron chi connectivity index (χ3n) is 3.18. The number of hydrogen-bond donors (Lipinski definition) is 1. The number of carbonyl (C=O) groups excluding carboxylic acids is 1. The molecule has 106 valence electrons. The Morgan fingerprint density at radius 3 is 2.50 bits per heavy atom. The van der Waals surface area contributed by atoms with Gasteiger partial charge in [-0.3, -0.25) is 4.79 Å². The summed E-state index contributed by atoms with van der Waals surface area (Å²) in [5, 5.41) is 4.67. The first kappa shape index (κ1) is 15.2. The molecule has 0 saturated carbocycles. The van der Waals surface area contributed by atoms with Crippen molar-refractivity contribution >= 4 is 33.2 Å². The number of hydrogen-bond acceptors (Lipinski definition) is 3. The average Bonchev–Trinajstić information content (AvgIpc) is 2.78. The van der Waals surface area contributed by atoms with Crippen molar-refractivity contribution in [1.82, 2.24) is 10.3 Å². The van der Waals surface area contributed by atoms with Crippen molar-refractivity contribution in [1.29, 1.82) is 0 Å². The van der Waals surface area contributed by atoms with Crippen LogP contribution < -0.4 is 5.32 Å². The molecule has 1 atom stereocenters. The lowest BCUT2D eigenvalue weighted by atomic mass is 9.94. The van der Waals surface area contributed by atoms with Gasteiger partial charge in [0.1, 0.15) is 4.88 Å². The third-order valence-corrected chi connectivity index (χ3v) is 5.37. The van der Waals surface area contributed by atoms with E-state index in [9.17, 15) is 4.79 Å². The van der Waals surface area contributed by atoms with Crippen LogP contribution >= 0.6 is 27.3 Å². The molecule has 0 saturated heterocycles. The minimum absolute atomic E-state index is 0.0705. The summed E-state index contributed by atoms with van der Waals surface area (Å²) in [6.45, 7) is 5.79. The van der Waals surface area contributed by atoms with Crippen LogP contribution in [0.25, 0.3) is 0 Å². The first-order valence-corrected chi connectivity index (χ1v) is 8.28. The molecule has 0 aliphatic heterocycles. The Morgan fingerprint density at radius 1 is 1.35 bits per heavy atom. The number of thiazole rings is 1. The maximum Gasteiger partial charge on any atom is 0.263 e. The van der Waals surface area contributed by atoms with Gasteiger partial charge in [-0.2, -0.15) is 0 Å². The van der Waals surface area contributed by atoms with Crippen LogP contribution in [0.2, 0.25) is 0 Å². The Labute approximate surface area is 131 Å².